The summed E-state index contributed by atoms with van der Waals surface area (Å²) in [4.78, 5) is 23.7. The number of hydrogen-bond acceptors (Lipinski definition) is 4. The molecule has 5 nitrogen and oxygen atoms in total. The Morgan fingerprint density at radius 1 is 1.20 bits per heavy atom. The minimum absolute atomic E-state index is 0.0457. The van der Waals surface area contributed by atoms with E-state index in [1.54, 1.807) is 18.2 Å². The molecule has 7 heteroatoms. The van der Waals surface area contributed by atoms with E-state index in [1.165, 1.54) is 0 Å². The third-order valence-electron chi connectivity index (χ3n) is 3.80. The number of halogens is 2. The molecule has 1 amide bonds. The smallest absolute Gasteiger partial charge is 0.407 e. The Bertz CT molecular complexity index is 782. The van der Waals surface area contributed by atoms with Crippen LogP contribution in [0.25, 0.3) is 0 Å². The summed E-state index contributed by atoms with van der Waals surface area (Å²) >= 11 is 12.1. The number of carbonyl (C=O) groups is 2. The molecule has 0 radical (unpaired) electrons. The summed E-state index contributed by atoms with van der Waals surface area (Å²) in [5, 5.41) is 3.52. The van der Waals surface area contributed by atoms with E-state index in [4.69, 9.17) is 32.7 Å². The SMILES string of the molecule is O=C1CC(NC(=O)OCc2ccccc2)C(c2ccc(Cl)cc2Cl)O1. The van der Waals surface area contributed by atoms with Crippen LogP contribution >= 0.6 is 23.2 Å². The van der Waals surface area contributed by atoms with Crippen molar-refractivity contribution in [3.8, 4) is 0 Å². The van der Waals surface area contributed by atoms with Crippen molar-refractivity contribution in [3.63, 3.8) is 0 Å². The Balaban J connectivity index is 1.65. The van der Waals surface area contributed by atoms with Gasteiger partial charge in [-0.2, -0.15) is 0 Å². The number of hydrogen-bond donors (Lipinski definition) is 1. The molecule has 25 heavy (non-hydrogen) atoms. The molecule has 1 fully saturated rings. The van der Waals surface area contributed by atoms with Gasteiger partial charge >= 0.3 is 12.1 Å². The van der Waals surface area contributed by atoms with Gasteiger partial charge in [0.15, 0.2) is 0 Å². The highest BCUT2D eigenvalue weighted by Gasteiger charge is 2.38. The maximum Gasteiger partial charge on any atom is 0.407 e. The second-order valence-corrected chi connectivity index (χ2v) is 6.44. The van der Waals surface area contributed by atoms with Crippen LogP contribution in [-0.2, 0) is 20.9 Å². The quantitative estimate of drug-likeness (QED) is 0.805. The Morgan fingerprint density at radius 2 is 1.96 bits per heavy atom. The Hall–Kier alpha value is -2.24. The van der Waals surface area contributed by atoms with Gasteiger partial charge in [0.1, 0.15) is 12.7 Å². The van der Waals surface area contributed by atoms with Crippen molar-refractivity contribution in [1.82, 2.24) is 5.32 Å². The Labute approximate surface area is 154 Å². The zero-order valence-electron chi connectivity index (χ0n) is 13.1. The number of amides is 1. The third kappa shape index (κ3) is 4.44. The summed E-state index contributed by atoms with van der Waals surface area (Å²) in [5.41, 5.74) is 1.46. The van der Waals surface area contributed by atoms with Gasteiger partial charge in [0, 0.05) is 15.6 Å². The lowest BCUT2D eigenvalue weighted by molar-refractivity contribution is -0.141. The van der Waals surface area contributed by atoms with Crippen LogP contribution in [0.5, 0.6) is 0 Å². The van der Waals surface area contributed by atoms with Crippen LogP contribution in [0.4, 0.5) is 4.79 Å². The number of esters is 1. The van der Waals surface area contributed by atoms with E-state index in [0.717, 1.165) is 5.56 Å². The summed E-state index contributed by atoms with van der Waals surface area (Å²) in [6.45, 7) is 0.139. The Kier molecular flexibility index (Phi) is 5.46. The van der Waals surface area contributed by atoms with Gasteiger partial charge in [0.05, 0.1) is 12.5 Å². The molecule has 3 rings (SSSR count). The summed E-state index contributed by atoms with van der Waals surface area (Å²) < 4.78 is 10.5. The number of alkyl carbamates (subject to hydrolysis) is 1. The van der Waals surface area contributed by atoms with Crippen molar-refractivity contribution in [1.29, 1.82) is 0 Å². The number of ether oxygens (including phenoxy) is 2. The molecule has 1 saturated heterocycles. The van der Waals surface area contributed by atoms with Crippen LogP contribution in [0, 0.1) is 0 Å². The first-order valence-corrected chi connectivity index (χ1v) is 8.40. The van der Waals surface area contributed by atoms with Crippen molar-refractivity contribution >= 4 is 35.3 Å². The van der Waals surface area contributed by atoms with Crippen molar-refractivity contribution in [2.75, 3.05) is 0 Å². The molecule has 2 aromatic rings. The average molecular weight is 380 g/mol. The molecule has 130 valence electrons. The molecule has 2 unspecified atom stereocenters. The van der Waals surface area contributed by atoms with Gasteiger partial charge < -0.3 is 14.8 Å². The van der Waals surface area contributed by atoms with Crippen LogP contribution in [0.2, 0.25) is 10.0 Å². The van der Waals surface area contributed by atoms with E-state index in [-0.39, 0.29) is 13.0 Å². The monoisotopic (exact) mass is 379 g/mol. The molecule has 1 N–H and O–H groups in total. The van der Waals surface area contributed by atoms with Crippen molar-refractivity contribution in [2.45, 2.75) is 25.2 Å². The molecule has 0 aromatic heterocycles. The van der Waals surface area contributed by atoms with Gasteiger partial charge in [-0.05, 0) is 17.7 Å². The molecule has 2 aromatic carbocycles. The van der Waals surface area contributed by atoms with E-state index in [1.807, 2.05) is 30.3 Å². The molecular weight excluding hydrogens is 365 g/mol. The average Bonchev–Trinajstić information content (AvgIpc) is 2.94. The maximum atomic E-state index is 12.0. The van der Waals surface area contributed by atoms with Gasteiger partial charge in [0.25, 0.3) is 0 Å². The highest BCUT2D eigenvalue weighted by Crippen LogP contribution is 2.35. The second kappa shape index (κ2) is 7.76. The number of cyclic esters (lactones) is 1. The van der Waals surface area contributed by atoms with Crippen LogP contribution in [0.3, 0.4) is 0 Å². The lowest BCUT2D eigenvalue weighted by Crippen LogP contribution is -2.37. The maximum absolute atomic E-state index is 12.0. The lowest BCUT2D eigenvalue weighted by Gasteiger charge is -2.20. The number of benzene rings is 2. The summed E-state index contributed by atoms with van der Waals surface area (Å²) in [6, 6.07) is 13.6. The van der Waals surface area contributed by atoms with Crippen LogP contribution in [0.15, 0.2) is 48.5 Å². The van der Waals surface area contributed by atoms with Crippen molar-refractivity contribution in [2.24, 2.45) is 0 Å². The molecule has 0 bridgehead atoms. The van der Waals surface area contributed by atoms with Crippen LogP contribution in [-0.4, -0.2) is 18.1 Å². The molecule has 0 saturated carbocycles. The number of carbonyl (C=O) groups excluding carboxylic acids is 2. The fourth-order valence-corrected chi connectivity index (χ4v) is 3.13. The number of nitrogens with one attached hydrogen (secondary N) is 1. The molecule has 1 aliphatic heterocycles. The van der Waals surface area contributed by atoms with E-state index >= 15 is 0 Å². The second-order valence-electron chi connectivity index (χ2n) is 5.59. The zero-order valence-corrected chi connectivity index (χ0v) is 14.6. The molecule has 2 atom stereocenters. The lowest BCUT2D eigenvalue weighted by atomic mass is 10.0. The highest BCUT2D eigenvalue weighted by molar-refractivity contribution is 6.35. The topological polar surface area (TPSA) is 64.6 Å². The fourth-order valence-electron chi connectivity index (χ4n) is 2.61. The Morgan fingerprint density at radius 3 is 2.68 bits per heavy atom. The molecule has 1 heterocycles. The normalized spacial score (nSPS) is 19.4. The van der Waals surface area contributed by atoms with Gasteiger partial charge in [0.2, 0.25) is 0 Å². The van der Waals surface area contributed by atoms with Gasteiger partial charge in [-0.25, -0.2) is 4.79 Å². The standard InChI is InChI=1S/C18H15Cl2NO4/c19-12-6-7-13(14(20)8-12)17-15(9-16(22)25-17)21-18(23)24-10-11-4-2-1-3-5-11/h1-8,15,17H,9-10H2,(H,21,23). The van der Waals surface area contributed by atoms with Crippen LogP contribution < -0.4 is 5.32 Å². The van der Waals surface area contributed by atoms with Gasteiger partial charge in [-0.1, -0.05) is 59.6 Å². The summed E-state index contributed by atoms with van der Waals surface area (Å²) in [5.74, 6) is -0.413. The zero-order chi connectivity index (χ0) is 17.8. The largest absolute Gasteiger partial charge is 0.455 e. The molecule has 0 aliphatic carbocycles. The third-order valence-corrected chi connectivity index (χ3v) is 4.36. The minimum atomic E-state index is -0.679. The minimum Gasteiger partial charge on any atom is -0.455 e. The van der Waals surface area contributed by atoms with E-state index in [0.29, 0.717) is 15.6 Å². The van der Waals surface area contributed by atoms with Gasteiger partial charge in [-0.15, -0.1) is 0 Å². The van der Waals surface area contributed by atoms with E-state index in [2.05, 4.69) is 5.32 Å². The fraction of sp³-hybridized carbons (Fsp3) is 0.222. The first-order valence-electron chi connectivity index (χ1n) is 7.64. The summed E-state index contributed by atoms with van der Waals surface area (Å²) in [7, 11) is 0. The predicted molar refractivity (Wildman–Crippen MR) is 93.5 cm³/mol. The molecular formula is C18H15Cl2NO4. The summed E-state index contributed by atoms with van der Waals surface area (Å²) in [6.07, 6.45) is -1.26. The number of rotatable bonds is 4. The van der Waals surface area contributed by atoms with Gasteiger partial charge in [-0.3, -0.25) is 4.79 Å². The van der Waals surface area contributed by atoms with Crippen molar-refractivity contribution < 1.29 is 19.1 Å². The first kappa shape index (κ1) is 17.6. The molecule has 0 spiro atoms. The molecule has 1 aliphatic rings. The van der Waals surface area contributed by atoms with E-state index < -0.39 is 24.2 Å². The van der Waals surface area contributed by atoms with E-state index in [9.17, 15) is 9.59 Å². The van der Waals surface area contributed by atoms with Crippen molar-refractivity contribution in [3.05, 3.63) is 69.7 Å². The first-order chi connectivity index (χ1) is 12.0. The predicted octanol–water partition coefficient (Wildman–Crippen LogP) is 4.28. The highest BCUT2D eigenvalue weighted by atomic mass is 35.5. The van der Waals surface area contributed by atoms with Crippen LogP contribution in [0.1, 0.15) is 23.7 Å².